The first-order valence-electron chi connectivity index (χ1n) is 7.53. The molecule has 0 aliphatic carbocycles. The van der Waals surface area contributed by atoms with E-state index in [-0.39, 0.29) is 12.3 Å². The molecule has 124 valence electrons. The zero-order chi connectivity index (χ0) is 17.3. The Bertz CT molecular complexity index is 543. The van der Waals surface area contributed by atoms with Crippen molar-refractivity contribution in [3.63, 3.8) is 0 Å². The molecule has 0 radical (unpaired) electrons. The third-order valence-corrected chi connectivity index (χ3v) is 2.72. The minimum Gasteiger partial charge on any atom is -0.392 e. The lowest BCUT2D eigenvalue weighted by Gasteiger charge is -2.04. The van der Waals surface area contributed by atoms with Crippen molar-refractivity contribution in [3.8, 4) is 11.4 Å². The Morgan fingerprint density at radius 1 is 1.09 bits per heavy atom. The first-order chi connectivity index (χ1) is 10.4. The fourth-order valence-corrected chi connectivity index (χ4v) is 1.71. The highest BCUT2D eigenvalue weighted by Gasteiger charge is 2.28. The summed E-state index contributed by atoms with van der Waals surface area (Å²) < 4.78 is 27.9. The van der Waals surface area contributed by atoms with E-state index in [1.54, 1.807) is 35.9 Å². The van der Waals surface area contributed by atoms with Crippen LogP contribution in [-0.2, 0) is 19.6 Å². The average Bonchev–Trinajstić information content (AvgIpc) is 2.93. The van der Waals surface area contributed by atoms with E-state index >= 15 is 0 Å². The smallest absolute Gasteiger partial charge is 0.288 e. The van der Waals surface area contributed by atoms with Crippen LogP contribution in [0.1, 0.15) is 45.9 Å². The van der Waals surface area contributed by atoms with Gasteiger partial charge in [-0.15, -0.1) is 0 Å². The van der Waals surface area contributed by atoms with Gasteiger partial charge in [-0.05, 0) is 5.56 Å². The highest BCUT2D eigenvalue weighted by Crippen LogP contribution is 2.28. The minimum absolute atomic E-state index is 0.0425. The molecule has 1 N–H and O–H groups in total. The predicted molar refractivity (Wildman–Crippen MR) is 86.8 cm³/mol. The molecule has 2 rings (SSSR count). The van der Waals surface area contributed by atoms with Crippen LogP contribution < -0.4 is 0 Å². The summed E-state index contributed by atoms with van der Waals surface area (Å²) in [5.41, 5.74) is 1.27. The van der Waals surface area contributed by atoms with Crippen molar-refractivity contribution in [1.29, 1.82) is 0 Å². The van der Waals surface area contributed by atoms with Gasteiger partial charge in [0.05, 0.1) is 6.61 Å². The molecular formula is C17H26F2N2O. The van der Waals surface area contributed by atoms with E-state index in [4.69, 9.17) is 5.11 Å². The zero-order valence-corrected chi connectivity index (χ0v) is 14.2. The molecule has 0 aliphatic rings. The summed E-state index contributed by atoms with van der Waals surface area (Å²) in [6, 6.07) is 7.00. The standard InChI is InChI=1S/C13H14F2N2O.2C2H6/c1-13(14,15)11-7-17(2)12(16-11)10-5-3-9(8-18)4-6-10;2*1-2/h3-7,18H,8H2,1-2H3;2*1-2H3. The van der Waals surface area contributed by atoms with E-state index < -0.39 is 5.92 Å². The second-order valence-electron chi connectivity index (χ2n) is 4.30. The van der Waals surface area contributed by atoms with E-state index in [1.165, 1.54) is 6.20 Å². The van der Waals surface area contributed by atoms with Crippen molar-refractivity contribution < 1.29 is 13.9 Å². The molecule has 0 atom stereocenters. The number of aliphatic hydroxyl groups excluding tert-OH is 1. The topological polar surface area (TPSA) is 38.0 Å². The van der Waals surface area contributed by atoms with Crippen molar-refractivity contribution >= 4 is 0 Å². The molecule has 0 unspecified atom stereocenters. The van der Waals surface area contributed by atoms with Crippen LogP contribution in [0.15, 0.2) is 30.5 Å². The number of imidazole rings is 1. The Labute approximate surface area is 131 Å². The molecule has 0 amide bonds. The van der Waals surface area contributed by atoms with Gasteiger partial charge >= 0.3 is 0 Å². The fraction of sp³-hybridized carbons (Fsp3) is 0.471. The highest BCUT2D eigenvalue weighted by atomic mass is 19.3. The van der Waals surface area contributed by atoms with Gasteiger partial charge in [0.25, 0.3) is 5.92 Å². The number of halogens is 2. The largest absolute Gasteiger partial charge is 0.392 e. The van der Waals surface area contributed by atoms with Crippen LogP contribution in [0.5, 0.6) is 0 Å². The maximum absolute atomic E-state index is 13.2. The summed E-state index contributed by atoms with van der Waals surface area (Å²) in [5.74, 6) is -2.46. The van der Waals surface area contributed by atoms with Gasteiger partial charge in [-0.3, -0.25) is 0 Å². The molecule has 0 bridgehead atoms. The van der Waals surface area contributed by atoms with Crippen molar-refractivity contribution in [2.45, 2.75) is 47.1 Å². The lowest BCUT2D eigenvalue weighted by molar-refractivity contribution is 0.0131. The normalized spacial score (nSPS) is 10.2. The molecule has 0 saturated heterocycles. The molecule has 1 aromatic heterocycles. The van der Waals surface area contributed by atoms with Gasteiger partial charge in [0.1, 0.15) is 11.5 Å². The first kappa shape index (κ1) is 20.2. The van der Waals surface area contributed by atoms with Crippen LogP contribution in [0.2, 0.25) is 0 Å². The predicted octanol–water partition coefficient (Wildman–Crippen LogP) is 4.74. The van der Waals surface area contributed by atoms with Crippen LogP contribution in [0.25, 0.3) is 11.4 Å². The molecule has 22 heavy (non-hydrogen) atoms. The van der Waals surface area contributed by atoms with Crippen molar-refractivity contribution in [2.75, 3.05) is 0 Å². The van der Waals surface area contributed by atoms with Gasteiger partial charge in [-0.25, -0.2) is 4.98 Å². The summed E-state index contributed by atoms with van der Waals surface area (Å²) in [5, 5.41) is 8.94. The molecule has 3 nitrogen and oxygen atoms in total. The third-order valence-electron chi connectivity index (χ3n) is 2.72. The van der Waals surface area contributed by atoms with Crippen LogP contribution in [0, 0.1) is 0 Å². The number of hydrogen-bond donors (Lipinski definition) is 1. The Morgan fingerprint density at radius 3 is 1.95 bits per heavy atom. The minimum atomic E-state index is -2.94. The van der Waals surface area contributed by atoms with Crippen molar-refractivity contribution in [2.24, 2.45) is 7.05 Å². The number of aliphatic hydroxyl groups is 1. The SMILES string of the molecule is CC.CC.Cn1cc(C(C)(F)F)nc1-c1ccc(CO)cc1. The Kier molecular flexibility index (Phi) is 8.56. The number of aromatic nitrogens is 2. The molecule has 0 spiro atoms. The van der Waals surface area contributed by atoms with Gasteiger partial charge in [-0.2, -0.15) is 8.78 Å². The van der Waals surface area contributed by atoms with Crippen LogP contribution >= 0.6 is 0 Å². The zero-order valence-electron chi connectivity index (χ0n) is 14.2. The third kappa shape index (κ3) is 5.22. The number of rotatable bonds is 3. The van der Waals surface area contributed by atoms with Gasteiger partial charge in [-0.1, -0.05) is 52.0 Å². The van der Waals surface area contributed by atoms with Crippen LogP contribution in [0.4, 0.5) is 8.78 Å². The maximum atomic E-state index is 13.2. The average molecular weight is 312 g/mol. The Hall–Kier alpha value is -1.75. The summed E-state index contributed by atoms with van der Waals surface area (Å²) in [4.78, 5) is 3.96. The molecule has 5 heteroatoms. The van der Waals surface area contributed by atoms with Crippen molar-refractivity contribution in [3.05, 3.63) is 41.7 Å². The van der Waals surface area contributed by atoms with Gasteiger partial charge in [0.15, 0.2) is 0 Å². The number of hydrogen-bond acceptors (Lipinski definition) is 2. The van der Waals surface area contributed by atoms with E-state index in [1.807, 2.05) is 27.7 Å². The maximum Gasteiger partial charge on any atom is 0.288 e. The first-order valence-corrected chi connectivity index (χ1v) is 7.53. The van der Waals surface area contributed by atoms with E-state index in [0.717, 1.165) is 18.1 Å². The number of benzene rings is 1. The number of alkyl halides is 2. The molecule has 0 aliphatic heterocycles. The van der Waals surface area contributed by atoms with E-state index in [9.17, 15) is 8.78 Å². The second kappa shape index (κ2) is 9.30. The quantitative estimate of drug-likeness (QED) is 0.888. The van der Waals surface area contributed by atoms with Gasteiger partial charge < -0.3 is 9.67 Å². The van der Waals surface area contributed by atoms with Gasteiger partial charge in [0.2, 0.25) is 0 Å². The summed E-state index contributed by atoms with van der Waals surface area (Å²) in [7, 11) is 1.68. The monoisotopic (exact) mass is 312 g/mol. The van der Waals surface area contributed by atoms with Gasteiger partial charge in [0, 0.05) is 25.7 Å². The lowest BCUT2D eigenvalue weighted by atomic mass is 10.1. The van der Waals surface area contributed by atoms with E-state index in [0.29, 0.717) is 5.82 Å². The summed E-state index contributed by atoms with van der Waals surface area (Å²) in [6.45, 7) is 8.78. The summed E-state index contributed by atoms with van der Waals surface area (Å²) >= 11 is 0. The van der Waals surface area contributed by atoms with Crippen LogP contribution in [-0.4, -0.2) is 14.7 Å². The van der Waals surface area contributed by atoms with Crippen LogP contribution in [0.3, 0.4) is 0 Å². The second-order valence-corrected chi connectivity index (χ2v) is 4.30. The molecule has 1 aromatic carbocycles. The van der Waals surface area contributed by atoms with E-state index in [2.05, 4.69) is 4.98 Å². The molecule has 0 fully saturated rings. The van der Waals surface area contributed by atoms with Crippen molar-refractivity contribution in [1.82, 2.24) is 9.55 Å². The Morgan fingerprint density at radius 2 is 1.59 bits per heavy atom. The molecule has 1 heterocycles. The molecule has 2 aromatic rings. The number of nitrogens with zero attached hydrogens (tertiary/aromatic N) is 2. The lowest BCUT2D eigenvalue weighted by Crippen LogP contribution is -2.07. The summed E-state index contributed by atoms with van der Waals surface area (Å²) in [6.07, 6.45) is 1.33. The highest BCUT2D eigenvalue weighted by molar-refractivity contribution is 5.56. The number of aryl methyl sites for hydroxylation is 1. The molecule has 0 saturated carbocycles. The molecular weight excluding hydrogens is 286 g/mol. The Balaban J connectivity index is 0.00000102. The fourth-order valence-electron chi connectivity index (χ4n) is 1.71.